The third-order valence-electron chi connectivity index (χ3n) is 4.84. The molecule has 2 fully saturated rings. The largest absolute Gasteiger partial charge is 0.394 e. The van der Waals surface area contributed by atoms with E-state index in [4.69, 9.17) is 11.6 Å². The van der Waals surface area contributed by atoms with Crippen molar-refractivity contribution in [1.29, 1.82) is 0 Å². The van der Waals surface area contributed by atoms with Crippen molar-refractivity contribution in [1.82, 2.24) is 4.90 Å². The number of hydrogen-bond donors (Lipinski definition) is 1. The van der Waals surface area contributed by atoms with Crippen LogP contribution >= 0.6 is 11.6 Å². The molecule has 1 amide bonds. The van der Waals surface area contributed by atoms with Gasteiger partial charge < -0.3 is 10.0 Å². The average Bonchev–Trinajstić information content (AvgIpc) is 2.85. The first-order chi connectivity index (χ1) is 9.67. The molecule has 2 aliphatic rings. The van der Waals surface area contributed by atoms with Crippen molar-refractivity contribution in [2.24, 2.45) is 0 Å². The predicted molar refractivity (Wildman–Crippen MR) is 78.8 cm³/mol. The van der Waals surface area contributed by atoms with Gasteiger partial charge in [0.05, 0.1) is 18.1 Å². The zero-order valence-electron chi connectivity index (χ0n) is 11.5. The van der Waals surface area contributed by atoms with Crippen LogP contribution < -0.4 is 0 Å². The number of hydrogen-bond acceptors (Lipinski definition) is 2. The molecule has 1 aliphatic carbocycles. The second-order valence-electron chi connectivity index (χ2n) is 5.92. The lowest BCUT2D eigenvalue weighted by Gasteiger charge is -2.44. The van der Waals surface area contributed by atoms with Crippen LogP contribution in [0.3, 0.4) is 0 Å². The van der Waals surface area contributed by atoms with E-state index in [-0.39, 0.29) is 18.6 Å². The van der Waals surface area contributed by atoms with Gasteiger partial charge in [-0.1, -0.05) is 30.2 Å². The summed E-state index contributed by atoms with van der Waals surface area (Å²) >= 11 is 6.09. The van der Waals surface area contributed by atoms with Crippen molar-refractivity contribution < 1.29 is 9.90 Å². The number of likely N-dealkylation sites (tertiary alicyclic amines) is 1. The molecule has 1 atom stereocenters. The Hall–Kier alpha value is -1.06. The van der Waals surface area contributed by atoms with E-state index >= 15 is 0 Å². The Morgan fingerprint density at radius 3 is 2.80 bits per heavy atom. The van der Waals surface area contributed by atoms with Gasteiger partial charge in [0.15, 0.2) is 0 Å². The number of aliphatic hydroxyl groups excluding tert-OH is 1. The molecule has 3 nitrogen and oxygen atoms in total. The number of rotatable bonds is 3. The molecule has 1 aromatic rings. The van der Waals surface area contributed by atoms with Crippen LogP contribution in [-0.2, 0) is 10.2 Å². The van der Waals surface area contributed by atoms with Crippen LogP contribution in [0, 0.1) is 0 Å². The van der Waals surface area contributed by atoms with Gasteiger partial charge >= 0.3 is 0 Å². The number of halogens is 1. The first kappa shape index (κ1) is 13.9. The molecular formula is C16H20ClNO2. The maximum absolute atomic E-state index is 13.0. The van der Waals surface area contributed by atoms with Gasteiger partial charge in [0.1, 0.15) is 0 Å². The maximum atomic E-state index is 13.0. The fourth-order valence-corrected chi connectivity index (χ4v) is 3.70. The second-order valence-corrected chi connectivity index (χ2v) is 6.36. The topological polar surface area (TPSA) is 40.5 Å². The van der Waals surface area contributed by atoms with Crippen LogP contribution in [0.2, 0.25) is 5.02 Å². The maximum Gasteiger partial charge on any atom is 0.233 e. The van der Waals surface area contributed by atoms with E-state index in [0.29, 0.717) is 5.02 Å². The number of carbonyl (C=O) groups is 1. The highest BCUT2D eigenvalue weighted by Gasteiger charge is 2.49. The van der Waals surface area contributed by atoms with Crippen LogP contribution in [0.25, 0.3) is 0 Å². The highest BCUT2D eigenvalue weighted by Crippen LogP contribution is 2.46. The van der Waals surface area contributed by atoms with E-state index in [2.05, 4.69) is 0 Å². The zero-order valence-corrected chi connectivity index (χ0v) is 12.3. The van der Waals surface area contributed by atoms with E-state index in [1.54, 1.807) is 0 Å². The summed E-state index contributed by atoms with van der Waals surface area (Å²) in [6.45, 7) is 0.837. The molecule has 0 radical (unpaired) electrons. The third kappa shape index (κ3) is 2.13. The van der Waals surface area contributed by atoms with Gasteiger partial charge in [-0.25, -0.2) is 0 Å². The molecule has 0 aromatic heterocycles. The lowest BCUT2D eigenvalue weighted by molar-refractivity contribution is -0.142. The Morgan fingerprint density at radius 2 is 2.20 bits per heavy atom. The fourth-order valence-electron chi connectivity index (χ4n) is 3.51. The highest BCUT2D eigenvalue weighted by atomic mass is 35.5. The summed E-state index contributed by atoms with van der Waals surface area (Å²) in [6.07, 6.45) is 4.76. The summed E-state index contributed by atoms with van der Waals surface area (Å²) in [5.74, 6) is 0.183. The van der Waals surface area contributed by atoms with E-state index in [9.17, 15) is 9.90 Å². The molecule has 1 unspecified atom stereocenters. The van der Waals surface area contributed by atoms with E-state index in [1.807, 2.05) is 29.2 Å². The molecule has 0 bridgehead atoms. The van der Waals surface area contributed by atoms with E-state index in [0.717, 1.165) is 44.2 Å². The minimum atomic E-state index is -0.400. The molecule has 20 heavy (non-hydrogen) atoms. The van der Waals surface area contributed by atoms with E-state index in [1.165, 1.54) is 0 Å². The normalized spacial score (nSPS) is 24.5. The molecule has 1 aliphatic heterocycles. The van der Waals surface area contributed by atoms with Crippen molar-refractivity contribution in [2.45, 2.75) is 43.6 Å². The summed E-state index contributed by atoms with van der Waals surface area (Å²) in [5.41, 5.74) is 0.632. The van der Waals surface area contributed by atoms with Gasteiger partial charge in [-0.05, 0) is 43.4 Å². The Bertz CT molecular complexity index is 513. The number of nitrogens with zero attached hydrogens (tertiary/aromatic N) is 1. The van der Waals surface area contributed by atoms with Crippen LogP contribution in [0.4, 0.5) is 0 Å². The molecule has 1 saturated heterocycles. The van der Waals surface area contributed by atoms with Gasteiger partial charge in [-0.2, -0.15) is 0 Å². The lowest BCUT2D eigenvalue weighted by Crippen LogP contribution is -2.53. The highest BCUT2D eigenvalue weighted by molar-refractivity contribution is 6.30. The number of aliphatic hydroxyl groups is 1. The van der Waals surface area contributed by atoms with Gasteiger partial charge in [-0.15, -0.1) is 0 Å². The quantitative estimate of drug-likeness (QED) is 0.931. The molecule has 0 spiro atoms. The van der Waals surface area contributed by atoms with Crippen molar-refractivity contribution in [3.63, 3.8) is 0 Å². The van der Waals surface area contributed by atoms with Gasteiger partial charge in [0.2, 0.25) is 5.91 Å². The standard InChI is InChI=1S/C16H20ClNO2/c17-13-5-1-4-12(10-13)16(7-3-8-16)15(20)18-9-2-6-14(18)11-19/h1,4-5,10,14,19H,2-3,6-9,11H2. The summed E-state index contributed by atoms with van der Waals surface area (Å²) in [4.78, 5) is 14.9. The van der Waals surface area contributed by atoms with Crippen LogP contribution in [0.5, 0.6) is 0 Å². The molecule has 1 aromatic carbocycles. The van der Waals surface area contributed by atoms with Crippen molar-refractivity contribution in [3.05, 3.63) is 34.9 Å². The third-order valence-corrected chi connectivity index (χ3v) is 5.08. The monoisotopic (exact) mass is 293 g/mol. The Labute approximate surface area is 124 Å². The van der Waals surface area contributed by atoms with Gasteiger partial charge in [0.25, 0.3) is 0 Å². The molecule has 4 heteroatoms. The van der Waals surface area contributed by atoms with Crippen LogP contribution in [-0.4, -0.2) is 35.1 Å². The lowest BCUT2D eigenvalue weighted by atomic mass is 9.63. The molecule has 3 rings (SSSR count). The molecule has 108 valence electrons. The van der Waals surface area contributed by atoms with Crippen molar-refractivity contribution in [2.75, 3.05) is 13.2 Å². The predicted octanol–water partition coefficient (Wildman–Crippen LogP) is 2.75. The number of amides is 1. The average molecular weight is 294 g/mol. The SMILES string of the molecule is O=C(N1CCCC1CO)C1(c2cccc(Cl)c2)CCC1. The zero-order chi connectivity index (χ0) is 14.2. The molecule has 1 heterocycles. The van der Waals surface area contributed by atoms with Crippen LogP contribution in [0.1, 0.15) is 37.7 Å². The van der Waals surface area contributed by atoms with Crippen molar-refractivity contribution in [3.8, 4) is 0 Å². The number of benzene rings is 1. The fraction of sp³-hybridized carbons (Fsp3) is 0.562. The summed E-state index contributed by atoms with van der Waals surface area (Å²) in [6, 6.07) is 7.68. The Morgan fingerprint density at radius 1 is 1.40 bits per heavy atom. The summed E-state index contributed by atoms with van der Waals surface area (Å²) in [7, 11) is 0. The van der Waals surface area contributed by atoms with Crippen molar-refractivity contribution >= 4 is 17.5 Å². The molecule has 1 saturated carbocycles. The molecular weight excluding hydrogens is 274 g/mol. The smallest absolute Gasteiger partial charge is 0.233 e. The van der Waals surface area contributed by atoms with Crippen LogP contribution in [0.15, 0.2) is 24.3 Å². The second kappa shape index (κ2) is 5.38. The first-order valence-electron chi connectivity index (χ1n) is 7.35. The minimum Gasteiger partial charge on any atom is -0.394 e. The van der Waals surface area contributed by atoms with Gasteiger partial charge in [-0.3, -0.25) is 4.79 Å². The number of carbonyl (C=O) groups excluding carboxylic acids is 1. The Kier molecular flexibility index (Phi) is 3.74. The first-order valence-corrected chi connectivity index (χ1v) is 7.73. The summed E-state index contributed by atoms with van der Waals surface area (Å²) in [5, 5.41) is 10.1. The summed E-state index contributed by atoms with van der Waals surface area (Å²) < 4.78 is 0. The Balaban J connectivity index is 1.91. The minimum absolute atomic E-state index is 0.000779. The molecule has 1 N–H and O–H groups in total. The van der Waals surface area contributed by atoms with Gasteiger partial charge in [0, 0.05) is 11.6 Å². The van der Waals surface area contributed by atoms with E-state index < -0.39 is 5.41 Å².